The first kappa shape index (κ1) is 11.9. The SMILES string of the molecule is CCc1cc2cccc(C(C)C)c2nc1NN. The van der Waals surface area contributed by atoms with E-state index < -0.39 is 0 Å². The third-order valence-corrected chi connectivity index (χ3v) is 3.10. The summed E-state index contributed by atoms with van der Waals surface area (Å²) >= 11 is 0. The van der Waals surface area contributed by atoms with E-state index in [0.29, 0.717) is 5.92 Å². The van der Waals surface area contributed by atoms with Crippen LogP contribution in [0, 0.1) is 0 Å². The van der Waals surface area contributed by atoms with Gasteiger partial charge in [-0.1, -0.05) is 39.0 Å². The summed E-state index contributed by atoms with van der Waals surface area (Å²) in [6.45, 7) is 6.47. The molecule has 2 rings (SSSR count). The summed E-state index contributed by atoms with van der Waals surface area (Å²) in [4.78, 5) is 4.65. The number of hydrogen-bond donors (Lipinski definition) is 2. The highest BCUT2D eigenvalue weighted by Gasteiger charge is 2.09. The molecule has 0 aliphatic carbocycles. The lowest BCUT2D eigenvalue weighted by atomic mass is 9.98. The molecule has 0 amide bonds. The Hall–Kier alpha value is -1.61. The van der Waals surface area contributed by atoms with Crippen LogP contribution in [0.1, 0.15) is 37.8 Å². The predicted octanol–water partition coefficient (Wildman–Crippen LogP) is 3.21. The molecule has 3 nitrogen and oxygen atoms in total. The number of para-hydroxylation sites is 1. The molecule has 0 fully saturated rings. The molecule has 3 N–H and O–H groups in total. The zero-order valence-corrected chi connectivity index (χ0v) is 10.6. The maximum absolute atomic E-state index is 5.53. The maximum Gasteiger partial charge on any atom is 0.143 e. The van der Waals surface area contributed by atoms with Gasteiger partial charge in [0, 0.05) is 5.39 Å². The quantitative estimate of drug-likeness (QED) is 0.627. The van der Waals surface area contributed by atoms with E-state index in [9.17, 15) is 0 Å². The van der Waals surface area contributed by atoms with E-state index in [1.54, 1.807) is 0 Å². The van der Waals surface area contributed by atoms with Crippen LogP contribution in [0.15, 0.2) is 24.3 Å². The smallest absolute Gasteiger partial charge is 0.143 e. The minimum atomic E-state index is 0.462. The zero-order chi connectivity index (χ0) is 12.4. The lowest BCUT2D eigenvalue weighted by molar-refractivity contribution is 0.872. The van der Waals surface area contributed by atoms with Crippen molar-refractivity contribution in [1.29, 1.82) is 0 Å². The van der Waals surface area contributed by atoms with E-state index >= 15 is 0 Å². The number of benzene rings is 1. The Morgan fingerprint density at radius 1 is 1.35 bits per heavy atom. The van der Waals surface area contributed by atoms with E-state index in [2.05, 4.69) is 55.4 Å². The summed E-state index contributed by atoms with van der Waals surface area (Å²) in [5, 5.41) is 1.19. The third kappa shape index (κ3) is 2.11. The average molecular weight is 229 g/mol. The highest BCUT2D eigenvalue weighted by Crippen LogP contribution is 2.27. The van der Waals surface area contributed by atoms with Crippen LogP contribution in [0.4, 0.5) is 5.82 Å². The van der Waals surface area contributed by atoms with Crippen molar-refractivity contribution in [1.82, 2.24) is 4.98 Å². The van der Waals surface area contributed by atoms with Crippen LogP contribution in [0.5, 0.6) is 0 Å². The van der Waals surface area contributed by atoms with Gasteiger partial charge in [0.25, 0.3) is 0 Å². The Balaban J connectivity index is 2.73. The van der Waals surface area contributed by atoms with Crippen LogP contribution in [-0.4, -0.2) is 4.98 Å². The Morgan fingerprint density at radius 2 is 2.12 bits per heavy atom. The van der Waals surface area contributed by atoms with Crippen LogP contribution in [0.3, 0.4) is 0 Å². The average Bonchev–Trinajstić information content (AvgIpc) is 2.35. The van der Waals surface area contributed by atoms with Gasteiger partial charge in [-0.05, 0) is 29.5 Å². The number of nitrogens with two attached hydrogens (primary N) is 1. The number of aryl methyl sites for hydroxylation is 1. The van der Waals surface area contributed by atoms with Crippen LogP contribution < -0.4 is 11.3 Å². The molecular weight excluding hydrogens is 210 g/mol. The Morgan fingerprint density at radius 3 is 2.71 bits per heavy atom. The fraction of sp³-hybridized carbons (Fsp3) is 0.357. The van der Waals surface area contributed by atoms with E-state index in [1.165, 1.54) is 10.9 Å². The van der Waals surface area contributed by atoms with Crippen LogP contribution in [0.2, 0.25) is 0 Å². The number of anilines is 1. The van der Waals surface area contributed by atoms with Crippen molar-refractivity contribution in [3.63, 3.8) is 0 Å². The fourth-order valence-electron chi connectivity index (χ4n) is 2.13. The Labute approximate surface area is 102 Å². The van der Waals surface area contributed by atoms with Gasteiger partial charge in [0.15, 0.2) is 0 Å². The fourth-order valence-corrected chi connectivity index (χ4v) is 2.13. The van der Waals surface area contributed by atoms with Crippen LogP contribution >= 0.6 is 0 Å². The third-order valence-electron chi connectivity index (χ3n) is 3.10. The van der Waals surface area contributed by atoms with Crippen molar-refractivity contribution in [3.05, 3.63) is 35.4 Å². The van der Waals surface area contributed by atoms with Crippen molar-refractivity contribution >= 4 is 16.7 Å². The zero-order valence-electron chi connectivity index (χ0n) is 10.6. The van der Waals surface area contributed by atoms with Crippen molar-refractivity contribution in [3.8, 4) is 0 Å². The molecule has 0 radical (unpaired) electrons. The lowest BCUT2D eigenvalue weighted by Gasteiger charge is -2.13. The van der Waals surface area contributed by atoms with Gasteiger partial charge in [0.1, 0.15) is 5.82 Å². The summed E-state index contributed by atoms with van der Waals surface area (Å²) < 4.78 is 0. The molecule has 0 aliphatic rings. The van der Waals surface area contributed by atoms with Crippen molar-refractivity contribution in [2.45, 2.75) is 33.1 Å². The maximum atomic E-state index is 5.53. The molecule has 2 aromatic rings. The Kier molecular flexibility index (Phi) is 3.29. The topological polar surface area (TPSA) is 50.9 Å². The highest BCUT2D eigenvalue weighted by molar-refractivity contribution is 5.85. The lowest BCUT2D eigenvalue weighted by Crippen LogP contribution is -2.11. The summed E-state index contributed by atoms with van der Waals surface area (Å²) in [6, 6.07) is 8.50. The van der Waals surface area contributed by atoms with Crippen LogP contribution in [-0.2, 0) is 6.42 Å². The summed E-state index contributed by atoms with van der Waals surface area (Å²) in [6.07, 6.45) is 0.925. The number of aromatic nitrogens is 1. The normalized spacial score (nSPS) is 11.1. The molecule has 1 aromatic carbocycles. The largest absolute Gasteiger partial charge is 0.308 e. The van der Waals surface area contributed by atoms with Gasteiger partial charge in [0.05, 0.1) is 5.52 Å². The van der Waals surface area contributed by atoms with Gasteiger partial charge in [-0.15, -0.1) is 0 Å². The van der Waals surface area contributed by atoms with E-state index in [0.717, 1.165) is 23.3 Å². The first-order valence-electron chi connectivity index (χ1n) is 6.06. The molecule has 1 aromatic heterocycles. The second-order valence-corrected chi connectivity index (χ2v) is 4.57. The molecular formula is C14H19N3. The first-order valence-corrected chi connectivity index (χ1v) is 6.06. The number of nitrogens with zero attached hydrogens (tertiary/aromatic N) is 1. The molecule has 17 heavy (non-hydrogen) atoms. The standard InChI is InChI=1S/C14H19N3/c1-4-10-8-11-6-5-7-12(9(2)3)13(11)16-14(10)17-15/h5-9H,4,15H2,1-3H3,(H,16,17). The number of hydrazine groups is 1. The van der Waals surface area contributed by atoms with Gasteiger partial charge < -0.3 is 5.43 Å². The van der Waals surface area contributed by atoms with Gasteiger partial charge in [0.2, 0.25) is 0 Å². The van der Waals surface area contributed by atoms with Gasteiger partial charge in [-0.2, -0.15) is 0 Å². The van der Waals surface area contributed by atoms with Crippen molar-refractivity contribution in [2.24, 2.45) is 5.84 Å². The highest BCUT2D eigenvalue weighted by atomic mass is 15.2. The van der Waals surface area contributed by atoms with Gasteiger partial charge in [-0.3, -0.25) is 0 Å². The molecule has 0 saturated heterocycles. The first-order chi connectivity index (χ1) is 8.17. The number of fused-ring (bicyclic) bond motifs is 1. The summed E-state index contributed by atoms with van der Waals surface area (Å²) in [7, 11) is 0. The second-order valence-electron chi connectivity index (χ2n) is 4.57. The molecule has 0 atom stereocenters. The van der Waals surface area contributed by atoms with Crippen molar-refractivity contribution < 1.29 is 0 Å². The number of nitrogens with one attached hydrogen (secondary N) is 1. The van der Waals surface area contributed by atoms with Crippen molar-refractivity contribution in [2.75, 3.05) is 5.43 Å². The summed E-state index contributed by atoms with van der Waals surface area (Å²) in [5.41, 5.74) is 6.16. The monoisotopic (exact) mass is 229 g/mol. The number of hydrogen-bond acceptors (Lipinski definition) is 3. The van der Waals surface area contributed by atoms with Crippen LogP contribution in [0.25, 0.3) is 10.9 Å². The predicted molar refractivity (Wildman–Crippen MR) is 73.0 cm³/mol. The molecule has 90 valence electrons. The molecule has 0 unspecified atom stereocenters. The molecule has 3 heteroatoms. The second kappa shape index (κ2) is 4.72. The number of rotatable bonds is 3. The van der Waals surface area contributed by atoms with Gasteiger partial charge >= 0.3 is 0 Å². The number of nitrogen functional groups attached to an aromatic ring is 1. The minimum Gasteiger partial charge on any atom is -0.308 e. The van der Waals surface area contributed by atoms with E-state index in [-0.39, 0.29) is 0 Å². The summed E-state index contributed by atoms with van der Waals surface area (Å²) in [5.74, 6) is 6.78. The molecule has 0 aliphatic heterocycles. The van der Waals surface area contributed by atoms with Gasteiger partial charge in [-0.25, -0.2) is 10.8 Å². The van der Waals surface area contributed by atoms with E-state index in [4.69, 9.17) is 5.84 Å². The minimum absolute atomic E-state index is 0.462. The van der Waals surface area contributed by atoms with E-state index in [1.807, 2.05) is 0 Å². The molecule has 1 heterocycles. The number of pyridine rings is 1. The molecule has 0 saturated carbocycles. The molecule has 0 bridgehead atoms. The molecule has 0 spiro atoms. The Bertz CT molecular complexity index is 532.